The molecule has 2 aromatic heterocycles. The molecular weight excluding hydrogens is 535 g/mol. The third kappa shape index (κ3) is 7.10. The summed E-state index contributed by atoms with van der Waals surface area (Å²) in [5.74, 6) is 2.21. The number of pyridine rings is 1. The van der Waals surface area contributed by atoms with Crippen molar-refractivity contribution in [2.24, 2.45) is 4.99 Å². The summed E-state index contributed by atoms with van der Waals surface area (Å²) in [5.41, 5.74) is 0.671. The lowest BCUT2D eigenvalue weighted by Gasteiger charge is -2.36. The molecule has 0 unspecified atom stereocenters. The summed E-state index contributed by atoms with van der Waals surface area (Å²) in [4.78, 5) is 32.3. The van der Waals surface area contributed by atoms with E-state index in [1.807, 2.05) is 23.1 Å². The molecule has 1 N–H and O–H groups in total. The van der Waals surface area contributed by atoms with Crippen molar-refractivity contribution in [3.8, 4) is 11.6 Å². The largest absolute Gasteiger partial charge is 0.357 e. The quantitative estimate of drug-likeness (QED) is 0.305. The van der Waals surface area contributed by atoms with Crippen LogP contribution in [0.1, 0.15) is 25.6 Å². The number of carbonyl (C=O) groups excluding carboxylic acids is 1. The number of halogens is 1. The van der Waals surface area contributed by atoms with Gasteiger partial charge in [0.2, 0.25) is 5.91 Å². The third-order valence-corrected chi connectivity index (χ3v) is 5.77. The van der Waals surface area contributed by atoms with Crippen molar-refractivity contribution < 1.29 is 9.32 Å². The molecule has 0 bridgehead atoms. The monoisotopic (exact) mass is 568 g/mol. The number of aliphatic imine (C=N–C) groups is 1. The molecule has 2 fully saturated rings. The molecule has 0 spiro atoms. The van der Waals surface area contributed by atoms with Crippen molar-refractivity contribution >= 4 is 35.8 Å². The maximum atomic E-state index is 12.4. The van der Waals surface area contributed by atoms with Gasteiger partial charge in [0.15, 0.2) is 11.8 Å². The van der Waals surface area contributed by atoms with E-state index in [0.29, 0.717) is 36.9 Å². The van der Waals surface area contributed by atoms with Crippen molar-refractivity contribution in [2.45, 2.75) is 26.2 Å². The zero-order chi connectivity index (χ0) is 22.2. The molecule has 2 aliphatic rings. The van der Waals surface area contributed by atoms with Crippen molar-refractivity contribution in [1.29, 1.82) is 0 Å². The molecular formula is C22H33IN8O2. The molecule has 4 heterocycles. The van der Waals surface area contributed by atoms with Crippen molar-refractivity contribution in [3.63, 3.8) is 0 Å². The van der Waals surface area contributed by atoms with Crippen molar-refractivity contribution in [3.05, 3.63) is 30.2 Å². The standard InChI is InChI=1S/C22H32N8O2.HI/c1-2-23-22(25-10-8-19-26-21(32-27-19)18-7-3-4-9-24-18)30-15-13-28(14-16-30)17-20(31)29-11-5-6-12-29;/h3-4,7,9H,2,5-6,8,10-17H2,1H3,(H,23,25);1H. The Morgan fingerprint density at radius 1 is 1.12 bits per heavy atom. The van der Waals surface area contributed by atoms with Gasteiger partial charge in [-0.15, -0.1) is 24.0 Å². The number of nitrogens with zero attached hydrogens (tertiary/aromatic N) is 7. The summed E-state index contributed by atoms with van der Waals surface area (Å²) in [6.45, 7) is 9.23. The lowest BCUT2D eigenvalue weighted by atomic mass is 10.3. The molecule has 1 amide bonds. The highest BCUT2D eigenvalue weighted by molar-refractivity contribution is 14.0. The Balaban J connectivity index is 0.00000306. The molecule has 0 radical (unpaired) electrons. The Hall–Kier alpha value is -2.28. The summed E-state index contributed by atoms with van der Waals surface area (Å²) in [7, 11) is 0. The maximum absolute atomic E-state index is 12.4. The fraction of sp³-hybridized carbons (Fsp3) is 0.591. The molecule has 0 saturated carbocycles. The van der Waals surface area contributed by atoms with Gasteiger partial charge in [0.1, 0.15) is 5.69 Å². The second-order valence-corrected chi connectivity index (χ2v) is 8.07. The van der Waals surface area contributed by atoms with E-state index in [1.54, 1.807) is 6.20 Å². The Morgan fingerprint density at radius 3 is 2.61 bits per heavy atom. The molecule has 0 aliphatic carbocycles. The predicted molar refractivity (Wildman–Crippen MR) is 136 cm³/mol. The number of nitrogens with one attached hydrogen (secondary N) is 1. The minimum absolute atomic E-state index is 0. The van der Waals surface area contributed by atoms with Crippen LogP contribution in [0.25, 0.3) is 11.6 Å². The number of aromatic nitrogens is 3. The van der Waals surface area contributed by atoms with E-state index in [1.165, 1.54) is 0 Å². The Kier molecular flexibility index (Phi) is 9.85. The molecule has 2 saturated heterocycles. The highest BCUT2D eigenvalue weighted by Crippen LogP contribution is 2.13. The number of hydrogen-bond donors (Lipinski definition) is 1. The molecule has 0 atom stereocenters. The summed E-state index contributed by atoms with van der Waals surface area (Å²) < 4.78 is 5.32. The van der Waals surface area contributed by atoms with Gasteiger partial charge in [-0.1, -0.05) is 11.2 Å². The van der Waals surface area contributed by atoms with Gasteiger partial charge >= 0.3 is 0 Å². The first kappa shape index (κ1) is 25.3. The fourth-order valence-corrected chi connectivity index (χ4v) is 4.01. The van der Waals surface area contributed by atoms with E-state index in [-0.39, 0.29) is 29.9 Å². The van der Waals surface area contributed by atoms with Crippen LogP contribution in [0.5, 0.6) is 0 Å². The van der Waals surface area contributed by atoms with Gasteiger partial charge in [-0.25, -0.2) is 0 Å². The highest BCUT2D eigenvalue weighted by Gasteiger charge is 2.24. The Bertz CT molecular complexity index is 893. The van der Waals surface area contributed by atoms with Gasteiger partial charge in [0, 0.05) is 65.0 Å². The molecule has 180 valence electrons. The first-order valence-electron chi connectivity index (χ1n) is 11.5. The summed E-state index contributed by atoms with van der Waals surface area (Å²) in [6.07, 6.45) is 4.57. The van der Waals surface area contributed by atoms with E-state index >= 15 is 0 Å². The van der Waals surface area contributed by atoms with Crippen LogP contribution in [0.2, 0.25) is 0 Å². The molecule has 2 aliphatic heterocycles. The lowest BCUT2D eigenvalue weighted by Crippen LogP contribution is -2.54. The summed E-state index contributed by atoms with van der Waals surface area (Å²) in [6, 6.07) is 5.58. The Labute approximate surface area is 211 Å². The van der Waals surface area contributed by atoms with Crippen molar-refractivity contribution in [2.75, 3.05) is 58.9 Å². The van der Waals surface area contributed by atoms with Gasteiger partial charge in [-0.05, 0) is 31.9 Å². The predicted octanol–water partition coefficient (Wildman–Crippen LogP) is 1.50. The first-order chi connectivity index (χ1) is 15.7. The maximum Gasteiger partial charge on any atom is 0.276 e. The van der Waals surface area contributed by atoms with Crippen LogP contribution < -0.4 is 5.32 Å². The van der Waals surface area contributed by atoms with Gasteiger partial charge < -0.3 is 19.6 Å². The molecule has 2 aromatic rings. The van der Waals surface area contributed by atoms with Crippen LogP contribution in [0.3, 0.4) is 0 Å². The number of rotatable bonds is 7. The number of hydrogen-bond acceptors (Lipinski definition) is 7. The lowest BCUT2D eigenvalue weighted by molar-refractivity contribution is -0.131. The number of guanidine groups is 1. The van der Waals surface area contributed by atoms with E-state index in [0.717, 1.165) is 64.6 Å². The average molecular weight is 568 g/mol. The molecule has 33 heavy (non-hydrogen) atoms. The minimum atomic E-state index is 0. The van der Waals surface area contributed by atoms with Crippen LogP contribution in [0.4, 0.5) is 0 Å². The van der Waals surface area contributed by atoms with Gasteiger partial charge in [-0.3, -0.25) is 19.7 Å². The fourth-order valence-electron chi connectivity index (χ4n) is 4.01. The van der Waals surface area contributed by atoms with Gasteiger partial charge in [0.25, 0.3) is 5.89 Å². The third-order valence-electron chi connectivity index (χ3n) is 5.77. The first-order valence-corrected chi connectivity index (χ1v) is 11.5. The van der Waals surface area contributed by atoms with Crippen LogP contribution in [-0.2, 0) is 11.2 Å². The van der Waals surface area contributed by atoms with Crippen LogP contribution in [0.15, 0.2) is 33.9 Å². The second-order valence-electron chi connectivity index (χ2n) is 8.07. The zero-order valence-corrected chi connectivity index (χ0v) is 21.5. The molecule has 4 rings (SSSR count). The number of piperazine rings is 1. The number of likely N-dealkylation sites (tertiary alicyclic amines) is 1. The normalized spacial score (nSPS) is 17.2. The number of amides is 1. The summed E-state index contributed by atoms with van der Waals surface area (Å²) >= 11 is 0. The van der Waals surface area contributed by atoms with E-state index in [9.17, 15) is 4.79 Å². The smallest absolute Gasteiger partial charge is 0.276 e. The van der Waals surface area contributed by atoms with Gasteiger partial charge in [0.05, 0.1) is 6.54 Å². The van der Waals surface area contributed by atoms with E-state index in [4.69, 9.17) is 9.52 Å². The summed E-state index contributed by atoms with van der Waals surface area (Å²) in [5, 5.41) is 7.42. The highest BCUT2D eigenvalue weighted by atomic mass is 127. The van der Waals surface area contributed by atoms with E-state index in [2.05, 4.69) is 37.2 Å². The second kappa shape index (κ2) is 12.8. The van der Waals surface area contributed by atoms with E-state index < -0.39 is 0 Å². The Morgan fingerprint density at radius 2 is 1.91 bits per heavy atom. The number of carbonyl (C=O) groups is 1. The van der Waals surface area contributed by atoms with Gasteiger partial charge in [-0.2, -0.15) is 4.98 Å². The van der Waals surface area contributed by atoms with Crippen molar-refractivity contribution in [1.82, 2.24) is 35.1 Å². The minimum Gasteiger partial charge on any atom is -0.357 e. The SMILES string of the molecule is CCNC(=NCCc1noc(-c2ccccn2)n1)N1CCN(CC(=O)N2CCCC2)CC1.I. The molecule has 0 aromatic carbocycles. The average Bonchev–Trinajstić information content (AvgIpc) is 3.52. The topological polar surface area (TPSA) is 103 Å². The molecule has 11 heteroatoms. The van der Waals surface area contributed by atoms with Crippen LogP contribution in [-0.4, -0.2) is 101 Å². The van der Waals surface area contributed by atoms with Crippen LogP contribution in [0, 0.1) is 0 Å². The van der Waals surface area contributed by atoms with Crippen LogP contribution >= 0.6 is 24.0 Å². The molecule has 10 nitrogen and oxygen atoms in total. The zero-order valence-electron chi connectivity index (χ0n) is 19.1.